The van der Waals surface area contributed by atoms with Crippen molar-refractivity contribution in [2.45, 2.75) is 50.8 Å². The molecule has 0 saturated carbocycles. The van der Waals surface area contributed by atoms with Gasteiger partial charge in [-0.15, -0.1) is 0 Å². The van der Waals surface area contributed by atoms with Crippen molar-refractivity contribution in [3.8, 4) is 0 Å². The Balaban J connectivity index is 1.56. The molecule has 2 saturated heterocycles. The SMILES string of the molecule is Cc1ccc(S(=O)(=O)N2CCN(C(=O)CN3CCCCCCC3)CC2)c(C)c1. The van der Waals surface area contributed by atoms with E-state index < -0.39 is 10.0 Å². The molecule has 7 heteroatoms. The van der Waals surface area contributed by atoms with E-state index in [0.29, 0.717) is 37.6 Å². The Morgan fingerprint density at radius 3 is 2.11 bits per heavy atom. The molecule has 1 aromatic carbocycles. The van der Waals surface area contributed by atoms with E-state index >= 15 is 0 Å². The summed E-state index contributed by atoms with van der Waals surface area (Å²) in [5.41, 5.74) is 1.83. The van der Waals surface area contributed by atoms with Crippen LogP contribution in [0, 0.1) is 13.8 Å². The second-order valence-electron chi connectivity index (χ2n) is 8.10. The van der Waals surface area contributed by atoms with Gasteiger partial charge in [0.2, 0.25) is 15.9 Å². The quantitative estimate of drug-likeness (QED) is 0.769. The van der Waals surface area contributed by atoms with Crippen molar-refractivity contribution in [2.75, 3.05) is 45.8 Å². The van der Waals surface area contributed by atoms with E-state index in [4.69, 9.17) is 0 Å². The third-order valence-corrected chi connectivity index (χ3v) is 7.91. The average Bonchev–Trinajstić information content (AvgIpc) is 2.63. The Hall–Kier alpha value is -1.44. The number of rotatable bonds is 4. The highest BCUT2D eigenvalue weighted by atomic mass is 32.2. The van der Waals surface area contributed by atoms with E-state index in [2.05, 4.69) is 4.90 Å². The zero-order valence-corrected chi connectivity index (χ0v) is 18.0. The summed E-state index contributed by atoms with van der Waals surface area (Å²) in [5, 5.41) is 0. The summed E-state index contributed by atoms with van der Waals surface area (Å²) in [5.74, 6) is 0.129. The largest absolute Gasteiger partial charge is 0.339 e. The first-order valence-electron chi connectivity index (χ1n) is 10.5. The summed E-state index contributed by atoms with van der Waals surface area (Å²) in [6, 6.07) is 5.43. The number of piperazine rings is 1. The minimum Gasteiger partial charge on any atom is -0.339 e. The van der Waals surface area contributed by atoms with Gasteiger partial charge in [0.25, 0.3) is 0 Å². The third-order valence-electron chi connectivity index (χ3n) is 5.85. The van der Waals surface area contributed by atoms with Gasteiger partial charge in [-0.25, -0.2) is 8.42 Å². The van der Waals surface area contributed by atoms with Crippen LogP contribution < -0.4 is 0 Å². The van der Waals surface area contributed by atoms with Gasteiger partial charge in [-0.05, 0) is 51.4 Å². The van der Waals surface area contributed by atoms with Crippen LogP contribution in [0.3, 0.4) is 0 Å². The molecule has 1 aromatic rings. The van der Waals surface area contributed by atoms with Crippen molar-refractivity contribution in [3.05, 3.63) is 29.3 Å². The van der Waals surface area contributed by atoms with Gasteiger partial charge in [-0.2, -0.15) is 4.31 Å². The summed E-state index contributed by atoms with van der Waals surface area (Å²) in [4.78, 5) is 17.2. The normalized spacial score (nSPS) is 20.6. The molecule has 156 valence electrons. The fraction of sp³-hybridized carbons (Fsp3) is 0.667. The lowest BCUT2D eigenvalue weighted by Crippen LogP contribution is -2.52. The highest BCUT2D eigenvalue weighted by Crippen LogP contribution is 2.22. The minimum atomic E-state index is -3.51. The molecule has 0 unspecified atom stereocenters. The van der Waals surface area contributed by atoms with E-state index in [-0.39, 0.29) is 5.91 Å². The van der Waals surface area contributed by atoms with Crippen molar-refractivity contribution in [1.82, 2.24) is 14.1 Å². The van der Waals surface area contributed by atoms with E-state index in [1.54, 1.807) is 6.07 Å². The summed E-state index contributed by atoms with van der Waals surface area (Å²) < 4.78 is 27.5. The van der Waals surface area contributed by atoms with Crippen molar-refractivity contribution >= 4 is 15.9 Å². The highest BCUT2D eigenvalue weighted by molar-refractivity contribution is 7.89. The Labute approximate surface area is 169 Å². The number of amides is 1. The molecule has 0 N–H and O–H groups in total. The van der Waals surface area contributed by atoms with E-state index in [1.807, 2.05) is 30.9 Å². The Morgan fingerprint density at radius 2 is 1.50 bits per heavy atom. The van der Waals surface area contributed by atoms with Crippen molar-refractivity contribution in [2.24, 2.45) is 0 Å². The lowest BCUT2D eigenvalue weighted by atomic mass is 10.1. The molecule has 0 bridgehead atoms. The van der Waals surface area contributed by atoms with Gasteiger partial charge in [0, 0.05) is 26.2 Å². The average molecular weight is 408 g/mol. The number of sulfonamides is 1. The fourth-order valence-electron chi connectivity index (χ4n) is 4.17. The molecular formula is C21H33N3O3S. The van der Waals surface area contributed by atoms with Gasteiger partial charge >= 0.3 is 0 Å². The lowest BCUT2D eigenvalue weighted by Gasteiger charge is -2.35. The molecule has 0 radical (unpaired) electrons. The van der Waals surface area contributed by atoms with Crippen molar-refractivity contribution in [3.63, 3.8) is 0 Å². The predicted molar refractivity (Wildman–Crippen MR) is 111 cm³/mol. The summed E-state index contributed by atoms with van der Waals surface area (Å²) >= 11 is 0. The van der Waals surface area contributed by atoms with Crippen LogP contribution in [-0.4, -0.2) is 74.2 Å². The van der Waals surface area contributed by atoms with Crippen LogP contribution in [0.2, 0.25) is 0 Å². The number of hydrogen-bond donors (Lipinski definition) is 0. The zero-order valence-electron chi connectivity index (χ0n) is 17.2. The van der Waals surface area contributed by atoms with Gasteiger partial charge in [-0.3, -0.25) is 9.69 Å². The van der Waals surface area contributed by atoms with Crippen LogP contribution in [0.15, 0.2) is 23.1 Å². The van der Waals surface area contributed by atoms with Crippen molar-refractivity contribution < 1.29 is 13.2 Å². The number of hydrogen-bond acceptors (Lipinski definition) is 4. The number of aryl methyl sites for hydroxylation is 2. The predicted octanol–water partition coefficient (Wildman–Crippen LogP) is 2.40. The van der Waals surface area contributed by atoms with E-state index in [0.717, 1.165) is 37.1 Å². The minimum absolute atomic E-state index is 0.129. The molecule has 0 atom stereocenters. The molecule has 28 heavy (non-hydrogen) atoms. The molecule has 1 amide bonds. The molecule has 2 heterocycles. The lowest BCUT2D eigenvalue weighted by molar-refractivity contribution is -0.133. The maximum Gasteiger partial charge on any atom is 0.243 e. The van der Waals surface area contributed by atoms with Crippen molar-refractivity contribution in [1.29, 1.82) is 0 Å². The van der Waals surface area contributed by atoms with Gasteiger partial charge in [-0.1, -0.05) is 37.0 Å². The second kappa shape index (κ2) is 9.37. The summed E-state index contributed by atoms with van der Waals surface area (Å²) in [6.45, 7) is 7.91. The van der Waals surface area contributed by atoms with E-state index in [9.17, 15) is 13.2 Å². The maximum atomic E-state index is 13.0. The molecule has 2 aliphatic rings. The van der Waals surface area contributed by atoms with Crippen LogP contribution in [-0.2, 0) is 14.8 Å². The second-order valence-corrected chi connectivity index (χ2v) is 10.0. The Kier molecular flexibility index (Phi) is 7.12. The first-order valence-corrected chi connectivity index (χ1v) is 11.9. The van der Waals surface area contributed by atoms with Gasteiger partial charge in [0.15, 0.2) is 0 Å². The molecule has 0 spiro atoms. The monoisotopic (exact) mass is 407 g/mol. The highest BCUT2D eigenvalue weighted by Gasteiger charge is 2.31. The first kappa shape index (κ1) is 21.3. The van der Waals surface area contributed by atoms with Crippen LogP contribution in [0.1, 0.15) is 43.2 Å². The smallest absolute Gasteiger partial charge is 0.243 e. The molecular weight excluding hydrogens is 374 g/mol. The fourth-order valence-corrected chi connectivity index (χ4v) is 5.80. The maximum absolute atomic E-state index is 13.0. The summed E-state index contributed by atoms with van der Waals surface area (Å²) in [7, 11) is -3.51. The topological polar surface area (TPSA) is 60.9 Å². The van der Waals surface area contributed by atoms with E-state index in [1.165, 1.54) is 23.6 Å². The van der Waals surface area contributed by atoms with Crippen LogP contribution >= 0.6 is 0 Å². The van der Waals surface area contributed by atoms with Crippen LogP contribution in [0.4, 0.5) is 0 Å². The number of likely N-dealkylation sites (tertiary alicyclic amines) is 1. The third kappa shape index (κ3) is 5.13. The van der Waals surface area contributed by atoms with Gasteiger partial charge < -0.3 is 4.90 Å². The molecule has 2 aliphatic heterocycles. The van der Waals surface area contributed by atoms with Crippen LogP contribution in [0.5, 0.6) is 0 Å². The molecule has 0 aromatic heterocycles. The molecule has 6 nitrogen and oxygen atoms in total. The number of carbonyl (C=O) groups is 1. The van der Waals surface area contributed by atoms with Gasteiger partial charge in [0.05, 0.1) is 11.4 Å². The number of carbonyl (C=O) groups excluding carboxylic acids is 1. The Bertz CT molecular complexity index is 778. The molecule has 2 fully saturated rings. The zero-order chi connectivity index (χ0) is 20.1. The van der Waals surface area contributed by atoms with Crippen LogP contribution in [0.25, 0.3) is 0 Å². The number of benzene rings is 1. The summed E-state index contributed by atoms with van der Waals surface area (Å²) in [6.07, 6.45) is 6.13. The Morgan fingerprint density at radius 1 is 0.893 bits per heavy atom. The number of nitrogens with zero attached hydrogens (tertiary/aromatic N) is 3. The first-order chi connectivity index (χ1) is 13.4. The molecule has 3 rings (SSSR count). The molecule has 0 aliphatic carbocycles. The standard InChI is InChI=1S/C21H33N3O3S/c1-18-8-9-20(19(2)16-18)28(26,27)24-14-12-23(13-15-24)21(25)17-22-10-6-4-3-5-7-11-22/h8-9,16H,3-7,10-15,17H2,1-2H3. The van der Waals surface area contributed by atoms with Gasteiger partial charge in [0.1, 0.15) is 0 Å².